The second-order valence-electron chi connectivity index (χ2n) is 5.98. The Bertz CT molecular complexity index is 1050. The first-order valence-corrected chi connectivity index (χ1v) is 10.1. The van der Waals surface area contributed by atoms with Gasteiger partial charge in [0.25, 0.3) is 5.91 Å². The molecule has 1 atom stereocenters. The highest BCUT2D eigenvalue weighted by Gasteiger charge is 2.48. The number of carbonyl (C=O) groups excluding carboxylic acids is 2. The molecular weight excluding hydrogens is 470 g/mol. The largest absolute Gasteiger partial charge is 0.534 e. The van der Waals surface area contributed by atoms with Crippen LogP contribution >= 0.6 is 11.6 Å². The minimum absolute atomic E-state index is 0.187. The number of esters is 1. The molecule has 1 amide bonds. The number of nitrogens with one attached hydrogen (secondary N) is 1. The van der Waals surface area contributed by atoms with Gasteiger partial charge in [0.05, 0.1) is 17.7 Å². The third-order valence-electron chi connectivity index (χ3n) is 3.83. The predicted octanol–water partition coefficient (Wildman–Crippen LogP) is 3.22. The minimum atomic E-state index is -5.84. The molecule has 0 spiro atoms. The van der Waals surface area contributed by atoms with Crippen LogP contribution in [-0.4, -0.2) is 39.0 Å². The van der Waals surface area contributed by atoms with Gasteiger partial charge in [0, 0.05) is 6.42 Å². The molecule has 13 heteroatoms. The number of benzene rings is 2. The maximum absolute atomic E-state index is 13.9. The van der Waals surface area contributed by atoms with Crippen molar-refractivity contribution >= 4 is 33.6 Å². The fourth-order valence-corrected chi connectivity index (χ4v) is 3.08. The van der Waals surface area contributed by atoms with Crippen LogP contribution in [0.5, 0.6) is 5.75 Å². The monoisotopic (exact) mass is 483 g/mol. The Labute approximate surface area is 179 Å². The standard InChI is InChI=1S/C18H14ClF4NO6S/c1-29-17(26)14(24-16(25)15-12(19)3-2-4-13(15)20)9-10-5-7-11(8-6-10)30-31(27,28)18(21,22)23/h2-8,14H,9H2,1H3,(H,24,25). The van der Waals surface area contributed by atoms with Crippen molar-refractivity contribution in [2.24, 2.45) is 0 Å². The van der Waals surface area contributed by atoms with Crippen LogP contribution in [0.4, 0.5) is 17.6 Å². The van der Waals surface area contributed by atoms with Gasteiger partial charge in [0.15, 0.2) is 0 Å². The summed E-state index contributed by atoms with van der Waals surface area (Å²) >= 11 is 5.82. The Morgan fingerprint density at radius 1 is 1.13 bits per heavy atom. The van der Waals surface area contributed by atoms with Crippen molar-refractivity contribution in [3.8, 4) is 5.75 Å². The van der Waals surface area contributed by atoms with E-state index in [-0.39, 0.29) is 11.4 Å². The second kappa shape index (κ2) is 9.52. The predicted molar refractivity (Wildman–Crippen MR) is 100 cm³/mol. The van der Waals surface area contributed by atoms with Gasteiger partial charge in [0.1, 0.15) is 17.6 Å². The molecule has 0 aliphatic carbocycles. The number of rotatable bonds is 7. The molecule has 1 N–H and O–H groups in total. The molecular formula is C18H14ClF4NO6S. The van der Waals surface area contributed by atoms with Crippen molar-refractivity contribution < 1.29 is 44.5 Å². The van der Waals surface area contributed by atoms with Crippen molar-refractivity contribution in [1.82, 2.24) is 5.32 Å². The van der Waals surface area contributed by atoms with E-state index in [9.17, 15) is 35.6 Å². The zero-order valence-electron chi connectivity index (χ0n) is 15.6. The first-order chi connectivity index (χ1) is 14.4. The minimum Gasteiger partial charge on any atom is -0.467 e. The number of methoxy groups -OCH3 is 1. The molecule has 1 unspecified atom stereocenters. The molecule has 0 heterocycles. The van der Waals surface area contributed by atoms with Crippen LogP contribution in [-0.2, 0) is 26.1 Å². The zero-order valence-corrected chi connectivity index (χ0v) is 17.1. The summed E-state index contributed by atoms with van der Waals surface area (Å²) in [5.74, 6) is -3.41. The van der Waals surface area contributed by atoms with Crippen molar-refractivity contribution in [2.75, 3.05) is 7.11 Å². The summed E-state index contributed by atoms with van der Waals surface area (Å²) < 4.78 is 81.7. The summed E-state index contributed by atoms with van der Waals surface area (Å²) in [5, 5.41) is 2.09. The van der Waals surface area contributed by atoms with Crippen LogP contribution in [0.2, 0.25) is 5.02 Å². The third kappa shape index (κ3) is 6.07. The fourth-order valence-electron chi connectivity index (χ4n) is 2.37. The maximum atomic E-state index is 13.9. The lowest BCUT2D eigenvalue weighted by molar-refractivity contribution is -0.142. The van der Waals surface area contributed by atoms with Crippen LogP contribution in [0.1, 0.15) is 15.9 Å². The second-order valence-corrected chi connectivity index (χ2v) is 7.92. The van der Waals surface area contributed by atoms with Gasteiger partial charge >= 0.3 is 21.6 Å². The van der Waals surface area contributed by atoms with Crippen molar-refractivity contribution in [2.45, 2.75) is 18.0 Å². The smallest absolute Gasteiger partial charge is 0.467 e. The summed E-state index contributed by atoms with van der Waals surface area (Å²) in [5.41, 5.74) is -5.79. The van der Waals surface area contributed by atoms with E-state index in [1.807, 2.05) is 0 Å². The molecule has 0 aliphatic rings. The molecule has 7 nitrogen and oxygen atoms in total. The molecule has 2 aromatic carbocycles. The van der Waals surface area contributed by atoms with E-state index in [2.05, 4.69) is 14.2 Å². The van der Waals surface area contributed by atoms with Crippen molar-refractivity contribution in [3.63, 3.8) is 0 Å². The van der Waals surface area contributed by atoms with Crippen LogP contribution in [0.15, 0.2) is 42.5 Å². The zero-order chi connectivity index (χ0) is 23.4. The molecule has 0 aromatic heterocycles. The highest BCUT2D eigenvalue weighted by Crippen LogP contribution is 2.27. The fraction of sp³-hybridized carbons (Fsp3) is 0.222. The Morgan fingerprint density at radius 3 is 2.26 bits per heavy atom. The summed E-state index contributed by atoms with van der Waals surface area (Å²) in [4.78, 5) is 24.4. The van der Waals surface area contributed by atoms with Crippen LogP contribution in [0, 0.1) is 5.82 Å². The van der Waals surface area contributed by atoms with Gasteiger partial charge in [-0.25, -0.2) is 9.18 Å². The average Bonchev–Trinajstić information content (AvgIpc) is 2.67. The van der Waals surface area contributed by atoms with Gasteiger partial charge in [-0.3, -0.25) is 4.79 Å². The third-order valence-corrected chi connectivity index (χ3v) is 5.13. The molecule has 2 rings (SSSR count). The molecule has 0 aliphatic heterocycles. The van der Waals surface area contributed by atoms with Crippen LogP contribution in [0.3, 0.4) is 0 Å². The van der Waals surface area contributed by atoms with Crippen LogP contribution < -0.4 is 9.50 Å². The maximum Gasteiger partial charge on any atom is 0.534 e. The Kier molecular flexibility index (Phi) is 7.49. The number of carbonyl (C=O) groups is 2. The summed E-state index contributed by atoms with van der Waals surface area (Å²) in [7, 11) is -4.79. The molecule has 0 saturated heterocycles. The van der Waals surface area contributed by atoms with Gasteiger partial charge in [-0.15, -0.1) is 0 Å². The van der Waals surface area contributed by atoms with E-state index in [0.29, 0.717) is 5.56 Å². The van der Waals surface area contributed by atoms with E-state index in [4.69, 9.17) is 11.6 Å². The molecule has 0 fully saturated rings. The lowest BCUT2D eigenvalue weighted by Crippen LogP contribution is -2.43. The summed E-state index contributed by atoms with van der Waals surface area (Å²) in [6, 6.07) is 6.49. The number of hydrogen-bond acceptors (Lipinski definition) is 6. The summed E-state index contributed by atoms with van der Waals surface area (Å²) in [6.45, 7) is 0. The first-order valence-electron chi connectivity index (χ1n) is 8.28. The van der Waals surface area contributed by atoms with Gasteiger partial charge < -0.3 is 14.2 Å². The molecule has 0 radical (unpaired) electrons. The molecule has 2 aromatic rings. The Morgan fingerprint density at radius 2 is 1.74 bits per heavy atom. The molecule has 168 valence electrons. The lowest BCUT2D eigenvalue weighted by atomic mass is 10.0. The number of amides is 1. The van der Waals surface area contributed by atoms with Crippen molar-refractivity contribution in [1.29, 1.82) is 0 Å². The van der Waals surface area contributed by atoms with E-state index >= 15 is 0 Å². The lowest BCUT2D eigenvalue weighted by Gasteiger charge is -2.17. The van der Waals surface area contributed by atoms with Gasteiger partial charge in [-0.1, -0.05) is 29.8 Å². The van der Waals surface area contributed by atoms with E-state index < -0.39 is 50.7 Å². The SMILES string of the molecule is COC(=O)C(Cc1ccc(OS(=O)(=O)C(F)(F)F)cc1)NC(=O)c1c(F)cccc1Cl. The normalized spacial score (nSPS) is 12.7. The molecule has 0 saturated carbocycles. The van der Waals surface area contributed by atoms with Gasteiger partial charge in [0.2, 0.25) is 0 Å². The van der Waals surface area contributed by atoms with E-state index in [1.54, 1.807) is 0 Å². The van der Waals surface area contributed by atoms with E-state index in [1.165, 1.54) is 24.3 Å². The Hall–Kier alpha value is -2.86. The van der Waals surface area contributed by atoms with Gasteiger partial charge in [-0.05, 0) is 29.8 Å². The topological polar surface area (TPSA) is 98.8 Å². The number of halogens is 5. The number of ether oxygens (including phenoxy) is 1. The van der Waals surface area contributed by atoms with Crippen LogP contribution in [0.25, 0.3) is 0 Å². The van der Waals surface area contributed by atoms with Crippen molar-refractivity contribution in [3.05, 3.63) is 64.4 Å². The first kappa shape index (κ1) is 24.4. The van der Waals surface area contributed by atoms with E-state index in [0.717, 1.165) is 25.3 Å². The quantitative estimate of drug-likeness (QED) is 0.281. The number of alkyl halides is 3. The molecule has 31 heavy (non-hydrogen) atoms. The van der Waals surface area contributed by atoms with Gasteiger partial charge in [-0.2, -0.15) is 21.6 Å². The number of hydrogen-bond donors (Lipinski definition) is 1. The highest BCUT2D eigenvalue weighted by molar-refractivity contribution is 7.88. The average molecular weight is 484 g/mol. The Balaban J connectivity index is 2.18. The molecule has 0 bridgehead atoms. The summed E-state index contributed by atoms with van der Waals surface area (Å²) in [6.07, 6.45) is -0.212. The highest BCUT2D eigenvalue weighted by atomic mass is 35.5.